The lowest BCUT2D eigenvalue weighted by Crippen LogP contribution is -2.17. The van der Waals surface area contributed by atoms with E-state index in [9.17, 15) is 0 Å². The van der Waals surface area contributed by atoms with Crippen LogP contribution in [0, 0.1) is 12.8 Å². The summed E-state index contributed by atoms with van der Waals surface area (Å²) in [4.78, 5) is 9.41. The van der Waals surface area contributed by atoms with Crippen molar-refractivity contribution in [2.45, 2.75) is 50.2 Å². The van der Waals surface area contributed by atoms with Crippen molar-refractivity contribution in [2.24, 2.45) is 5.92 Å². The average Bonchev–Trinajstić information content (AvgIpc) is 3.11. The molecule has 1 atom stereocenters. The molecule has 0 aliphatic carbocycles. The molecule has 4 nitrogen and oxygen atoms in total. The van der Waals surface area contributed by atoms with E-state index in [-0.39, 0.29) is 0 Å². The lowest BCUT2D eigenvalue weighted by Gasteiger charge is -2.20. The standard InChI is InChI=1S/C26H30N4S/c1-17(2)14-19(4)27-23-13-11-21(28-20-8-6-5-7-9-20)16-25(23)31-26-29-22-12-10-18(3)15-24(22)30-26/h5-13,15-17,19,27-28H,14H2,1-4H3,(H,29,30). The highest BCUT2D eigenvalue weighted by Crippen LogP contribution is 2.36. The Morgan fingerprint density at radius 2 is 1.74 bits per heavy atom. The first-order chi connectivity index (χ1) is 15.0. The first-order valence-electron chi connectivity index (χ1n) is 10.8. The van der Waals surface area contributed by atoms with E-state index in [4.69, 9.17) is 4.98 Å². The molecule has 0 saturated carbocycles. The number of aryl methyl sites for hydroxylation is 1. The molecule has 0 fully saturated rings. The summed E-state index contributed by atoms with van der Waals surface area (Å²) in [5, 5.41) is 8.11. The highest BCUT2D eigenvalue weighted by molar-refractivity contribution is 7.99. The van der Waals surface area contributed by atoms with Gasteiger partial charge in [-0.3, -0.25) is 0 Å². The number of hydrogen-bond acceptors (Lipinski definition) is 4. The van der Waals surface area contributed by atoms with Crippen molar-refractivity contribution in [1.29, 1.82) is 0 Å². The number of imidazole rings is 1. The number of rotatable bonds is 8. The lowest BCUT2D eigenvalue weighted by molar-refractivity contribution is 0.539. The minimum atomic E-state index is 0.394. The van der Waals surface area contributed by atoms with E-state index in [1.165, 1.54) is 5.56 Å². The minimum absolute atomic E-state index is 0.394. The zero-order valence-corrected chi connectivity index (χ0v) is 19.4. The highest BCUT2D eigenvalue weighted by Gasteiger charge is 2.13. The fraction of sp³-hybridized carbons (Fsp3) is 0.269. The molecule has 0 amide bonds. The van der Waals surface area contributed by atoms with E-state index >= 15 is 0 Å². The average molecular weight is 431 g/mol. The number of anilines is 3. The fourth-order valence-electron chi connectivity index (χ4n) is 3.78. The number of nitrogens with one attached hydrogen (secondary N) is 3. The molecule has 0 aliphatic rings. The second kappa shape index (κ2) is 9.48. The van der Waals surface area contributed by atoms with Crippen LogP contribution in [-0.4, -0.2) is 16.0 Å². The van der Waals surface area contributed by atoms with Crippen LogP contribution in [0.1, 0.15) is 32.8 Å². The van der Waals surface area contributed by atoms with E-state index in [1.54, 1.807) is 11.8 Å². The Morgan fingerprint density at radius 3 is 2.52 bits per heavy atom. The predicted molar refractivity (Wildman–Crippen MR) is 134 cm³/mol. The van der Waals surface area contributed by atoms with Gasteiger partial charge in [-0.1, -0.05) is 38.1 Å². The van der Waals surface area contributed by atoms with Gasteiger partial charge in [0.25, 0.3) is 0 Å². The van der Waals surface area contributed by atoms with E-state index in [0.29, 0.717) is 12.0 Å². The molecule has 4 aromatic rings. The van der Waals surface area contributed by atoms with Gasteiger partial charge in [-0.05, 0) is 86.0 Å². The van der Waals surface area contributed by atoms with Gasteiger partial charge in [0.2, 0.25) is 0 Å². The number of hydrogen-bond donors (Lipinski definition) is 3. The minimum Gasteiger partial charge on any atom is -0.382 e. The molecule has 4 rings (SSSR count). The monoisotopic (exact) mass is 430 g/mol. The van der Waals surface area contributed by atoms with Crippen molar-refractivity contribution in [2.75, 3.05) is 10.6 Å². The maximum Gasteiger partial charge on any atom is 0.171 e. The first-order valence-corrected chi connectivity index (χ1v) is 11.6. The normalized spacial score (nSPS) is 12.3. The van der Waals surface area contributed by atoms with Crippen LogP contribution in [0.3, 0.4) is 0 Å². The summed E-state index contributed by atoms with van der Waals surface area (Å²) in [5.74, 6) is 0.649. The third-order valence-corrected chi connectivity index (χ3v) is 6.04. The van der Waals surface area contributed by atoms with Gasteiger partial charge in [-0.15, -0.1) is 0 Å². The number of para-hydroxylation sites is 1. The number of nitrogens with zero attached hydrogens (tertiary/aromatic N) is 1. The van der Waals surface area contributed by atoms with Gasteiger partial charge in [0.05, 0.1) is 11.0 Å². The predicted octanol–water partition coefficient (Wildman–Crippen LogP) is 7.61. The SMILES string of the molecule is Cc1ccc2nc(Sc3cc(Nc4ccccc4)ccc3NC(C)CC(C)C)[nH]c2c1. The van der Waals surface area contributed by atoms with Crippen LogP contribution in [0.5, 0.6) is 0 Å². The van der Waals surface area contributed by atoms with Crippen molar-refractivity contribution in [1.82, 2.24) is 9.97 Å². The molecule has 0 bridgehead atoms. The van der Waals surface area contributed by atoms with E-state index in [2.05, 4.69) is 91.8 Å². The Labute approximate surface area is 188 Å². The Kier molecular flexibility index (Phi) is 6.52. The third-order valence-electron chi connectivity index (χ3n) is 5.09. The Balaban J connectivity index is 1.63. The van der Waals surface area contributed by atoms with Gasteiger partial charge >= 0.3 is 0 Å². The zero-order valence-electron chi connectivity index (χ0n) is 18.6. The van der Waals surface area contributed by atoms with Crippen LogP contribution < -0.4 is 10.6 Å². The Morgan fingerprint density at radius 1 is 0.935 bits per heavy atom. The molecular weight excluding hydrogens is 400 g/mol. The molecular formula is C26H30N4S. The molecule has 3 aromatic carbocycles. The van der Waals surface area contributed by atoms with Crippen LogP contribution in [0.2, 0.25) is 0 Å². The van der Waals surface area contributed by atoms with Crippen LogP contribution in [0.25, 0.3) is 11.0 Å². The van der Waals surface area contributed by atoms with Gasteiger partial charge in [0, 0.05) is 28.0 Å². The summed E-state index contributed by atoms with van der Waals surface area (Å²) in [5.41, 5.74) is 6.56. The molecule has 0 aliphatic heterocycles. The first kappa shape index (κ1) is 21.3. The summed E-state index contributed by atoms with van der Waals surface area (Å²) in [6.45, 7) is 8.87. The Bertz CT molecular complexity index is 1150. The van der Waals surface area contributed by atoms with Crippen LogP contribution in [0.15, 0.2) is 76.8 Å². The lowest BCUT2D eigenvalue weighted by atomic mass is 10.1. The number of fused-ring (bicyclic) bond motifs is 1. The molecule has 1 heterocycles. The molecule has 31 heavy (non-hydrogen) atoms. The smallest absolute Gasteiger partial charge is 0.171 e. The number of aromatic amines is 1. The molecule has 1 aromatic heterocycles. The van der Waals surface area contributed by atoms with Gasteiger partial charge < -0.3 is 15.6 Å². The quantitative estimate of drug-likeness (QED) is 0.269. The number of H-pyrrole nitrogens is 1. The van der Waals surface area contributed by atoms with Gasteiger partial charge in [0.15, 0.2) is 5.16 Å². The van der Waals surface area contributed by atoms with Gasteiger partial charge in [-0.25, -0.2) is 4.98 Å². The third kappa shape index (κ3) is 5.61. The van der Waals surface area contributed by atoms with Gasteiger partial charge in [-0.2, -0.15) is 0 Å². The topological polar surface area (TPSA) is 52.7 Å². The van der Waals surface area contributed by atoms with Crippen molar-refractivity contribution >= 4 is 39.9 Å². The van der Waals surface area contributed by atoms with E-state index in [1.807, 2.05) is 18.2 Å². The second-order valence-electron chi connectivity index (χ2n) is 8.54. The summed E-state index contributed by atoms with van der Waals surface area (Å²) in [7, 11) is 0. The van der Waals surface area contributed by atoms with Crippen LogP contribution >= 0.6 is 11.8 Å². The van der Waals surface area contributed by atoms with Gasteiger partial charge in [0.1, 0.15) is 0 Å². The maximum absolute atomic E-state index is 4.79. The zero-order chi connectivity index (χ0) is 21.8. The van der Waals surface area contributed by atoms with E-state index in [0.717, 1.165) is 44.6 Å². The fourth-order valence-corrected chi connectivity index (χ4v) is 4.71. The molecule has 0 radical (unpaired) electrons. The van der Waals surface area contributed by atoms with E-state index < -0.39 is 0 Å². The molecule has 3 N–H and O–H groups in total. The molecule has 160 valence electrons. The summed E-state index contributed by atoms with van der Waals surface area (Å²) in [6, 6.07) is 23.5. The molecule has 1 unspecified atom stereocenters. The van der Waals surface area contributed by atoms with Crippen LogP contribution in [-0.2, 0) is 0 Å². The largest absolute Gasteiger partial charge is 0.382 e. The summed E-state index contributed by atoms with van der Waals surface area (Å²) in [6.07, 6.45) is 1.12. The maximum atomic E-state index is 4.79. The number of benzene rings is 3. The van der Waals surface area contributed by atoms with Crippen molar-refractivity contribution in [3.8, 4) is 0 Å². The molecule has 5 heteroatoms. The van der Waals surface area contributed by atoms with Crippen LogP contribution in [0.4, 0.5) is 17.1 Å². The van der Waals surface area contributed by atoms with Crippen molar-refractivity contribution in [3.05, 3.63) is 72.3 Å². The summed E-state index contributed by atoms with van der Waals surface area (Å²) >= 11 is 1.66. The van der Waals surface area contributed by atoms with Crippen molar-refractivity contribution < 1.29 is 0 Å². The molecule has 0 spiro atoms. The Hall–Kier alpha value is -2.92. The van der Waals surface area contributed by atoms with Crippen molar-refractivity contribution in [3.63, 3.8) is 0 Å². The highest BCUT2D eigenvalue weighted by atomic mass is 32.2. The number of aromatic nitrogens is 2. The second-order valence-corrected chi connectivity index (χ2v) is 9.57. The molecule has 0 saturated heterocycles. The summed E-state index contributed by atoms with van der Waals surface area (Å²) < 4.78 is 0.